The average molecular weight is 369 g/mol. The van der Waals surface area contributed by atoms with E-state index in [0.29, 0.717) is 25.2 Å². The van der Waals surface area contributed by atoms with Gasteiger partial charge in [0.15, 0.2) is 0 Å². The van der Waals surface area contributed by atoms with Crippen LogP contribution in [0.1, 0.15) is 50.8 Å². The van der Waals surface area contributed by atoms with Gasteiger partial charge in [-0.25, -0.2) is 4.39 Å². The molecule has 0 radical (unpaired) electrons. The van der Waals surface area contributed by atoms with E-state index in [2.05, 4.69) is 16.2 Å². The number of aromatic nitrogens is 2. The largest absolute Gasteiger partial charge is 0.339 e. The molecule has 1 aliphatic heterocycles. The second-order valence-electron chi connectivity index (χ2n) is 7.46. The summed E-state index contributed by atoms with van der Waals surface area (Å²) in [7, 11) is 0. The van der Waals surface area contributed by atoms with Crippen molar-refractivity contribution in [2.45, 2.75) is 50.6 Å². The second kappa shape index (κ2) is 7.62. The molecular weight excluding hydrogens is 345 g/mol. The zero-order valence-corrected chi connectivity index (χ0v) is 15.4. The van der Waals surface area contributed by atoms with Crippen molar-refractivity contribution in [2.24, 2.45) is 0 Å². The van der Waals surface area contributed by atoms with Gasteiger partial charge >= 0.3 is 0 Å². The number of benzene rings is 1. The molecule has 1 atom stereocenters. The lowest BCUT2D eigenvalue weighted by Crippen LogP contribution is -2.46. The zero-order chi connectivity index (χ0) is 18.7. The third kappa shape index (κ3) is 3.94. The number of carbonyl (C=O) groups excluding carboxylic acids is 1. The van der Waals surface area contributed by atoms with Crippen molar-refractivity contribution in [3.63, 3.8) is 0 Å². The van der Waals surface area contributed by atoms with E-state index in [1.165, 1.54) is 12.0 Å². The number of hydrogen-bond donors (Lipinski definition) is 0. The summed E-state index contributed by atoms with van der Waals surface area (Å²) < 4.78 is 20.9. The number of carbonyl (C=O) groups is 1. The fraction of sp³-hybridized carbons (Fsp3) is 0.476. The molecule has 1 amide bonds. The molecular formula is C21H24FN3O2. The molecule has 0 bridgehead atoms. The monoisotopic (exact) mass is 369 g/mol. The molecule has 1 saturated heterocycles. The lowest BCUT2D eigenvalue weighted by molar-refractivity contribution is -0.135. The molecule has 2 aromatic rings. The first kappa shape index (κ1) is 17.9. The van der Waals surface area contributed by atoms with Gasteiger partial charge in [0, 0.05) is 18.5 Å². The van der Waals surface area contributed by atoms with Crippen LogP contribution in [0.5, 0.6) is 0 Å². The van der Waals surface area contributed by atoms with Crippen molar-refractivity contribution in [1.29, 1.82) is 0 Å². The quantitative estimate of drug-likeness (QED) is 0.749. The Labute approximate surface area is 158 Å². The van der Waals surface area contributed by atoms with E-state index in [-0.39, 0.29) is 24.8 Å². The Hall–Kier alpha value is -2.50. The molecule has 1 aromatic carbocycles. The Morgan fingerprint density at radius 2 is 2.07 bits per heavy atom. The highest BCUT2D eigenvalue weighted by molar-refractivity contribution is 5.79. The molecule has 0 saturated carbocycles. The molecule has 27 heavy (non-hydrogen) atoms. The fourth-order valence-corrected chi connectivity index (χ4v) is 3.88. The first-order chi connectivity index (χ1) is 13.1. The van der Waals surface area contributed by atoms with E-state index in [0.717, 1.165) is 24.8 Å². The van der Waals surface area contributed by atoms with Crippen molar-refractivity contribution < 1.29 is 13.7 Å². The summed E-state index contributed by atoms with van der Waals surface area (Å²) in [5, 5.41) is 3.93. The standard InChI is InChI=1S/C21H24FN3O2/c22-21(20-23-19(24-27-20)17-10-5-2-6-11-17)12-7-13-25(15-21)18(26)14-16-8-3-1-4-9-16/h2,5-6,8,10-11H,1,3-4,7,9,12-15H2. The minimum Gasteiger partial charge on any atom is -0.339 e. The van der Waals surface area contributed by atoms with Gasteiger partial charge in [-0.2, -0.15) is 4.98 Å². The molecule has 0 spiro atoms. The summed E-state index contributed by atoms with van der Waals surface area (Å²) in [5.74, 6) is 0.335. The van der Waals surface area contributed by atoms with Crippen LogP contribution in [-0.2, 0) is 10.5 Å². The van der Waals surface area contributed by atoms with Gasteiger partial charge in [0.1, 0.15) is 0 Å². The van der Waals surface area contributed by atoms with E-state index in [1.807, 2.05) is 30.3 Å². The summed E-state index contributed by atoms with van der Waals surface area (Å²) in [5.41, 5.74) is 0.184. The number of allylic oxidation sites excluding steroid dienone is 1. The maximum atomic E-state index is 15.6. The van der Waals surface area contributed by atoms with E-state index >= 15 is 4.39 Å². The van der Waals surface area contributed by atoms with Crippen LogP contribution in [0.3, 0.4) is 0 Å². The first-order valence-electron chi connectivity index (χ1n) is 9.68. The smallest absolute Gasteiger partial charge is 0.266 e. The Morgan fingerprint density at radius 3 is 2.85 bits per heavy atom. The SMILES string of the molecule is O=C(CC1=CCCCC1)N1CCCC(F)(c2nc(-c3ccccc3)no2)C1. The number of piperidine rings is 1. The molecule has 1 aromatic heterocycles. The third-order valence-electron chi connectivity index (χ3n) is 5.40. The Kier molecular flexibility index (Phi) is 5.05. The molecule has 5 nitrogen and oxygen atoms in total. The summed E-state index contributed by atoms with van der Waals surface area (Å²) >= 11 is 0. The van der Waals surface area contributed by atoms with Crippen molar-refractivity contribution in [3.8, 4) is 11.4 Å². The van der Waals surface area contributed by atoms with E-state index < -0.39 is 5.67 Å². The number of nitrogens with zero attached hydrogens (tertiary/aromatic N) is 3. The molecule has 4 rings (SSSR count). The van der Waals surface area contributed by atoms with Gasteiger partial charge in [-0.1, -0.05) is 47.1 Å². The third-order valence-corrected chi connectivity index (χ3v) is 5.40. The molecule has 0 N–H and O–H groups in total. The lowest BCUT2D eigenvalue weighted by Gasteiger charge is -2.35. The second-order valence-corrected chi connectivity index (χ2v) is 7.46. The van der Waals surface area contributed by atoms with E-state index in [9.17, 15) is 4.79 Å². The van der Waals surface area contributed by atoms with Crippen molar-refractivity contribution in [1.82, 2.24) is 15.0 Å². The summed E-state index contributed by atoms with van der Waals surface area (Å²) in [6.45, 7) is 0.562. The summed E-state index contributed by atoms with van der Waals surface area (Å²) in [6, 6.07) is 9.35. The molecule has 1 unspecified atom stereocenters. The molecule has 142 valence electrons. The molecule has 1 aliphatic carbocycles. The number of rotatable bonds is 4. The number of halogens is 1. The van der Waals surface area contributed by atoms with Crippen LogP contribution in [0.25, 0.3) is 11.4 Å². The van der Waals surface area contributed by atoms with Gasteiger partial charge in [-0.05, 0) is 38.5 Å². The van der Waals surface area contributed by atoms with Gasteiger partial charge in [-0.3, -0.25) is 4.79 Å². The first-order valence-corrected chi connectivity index (χ1v) is 9.68. The Bertz CT molecular complexity index is 833. The van der Waals surface area contributed by atoms with Crippen LogP contribution in [0, 0.1) is 0 Å². The average Bonchev–Trinajstić information content (AvgIpc) is 3.21. The number of hydrogen-bond acceptors (Lipinski definition) is 4. The predicted molar refractivity (Wildman–Crippen MR) is 99.5 cm³/mol. The van der Waals surface area contributed by atoms with E-state index in [1.54, 1.807) is 4.90 Å². The van der Waals surface area contributed by atoms with Crippen molar-refractivity contribution in [2.75, 3.05) is 13.1 Å². The highest BCUT2D eigenvalue weighted by atomic mass is 19.1. The van der Waals surface area contributed by atoms with Gasteiger partial charge in [0.25, 0.3) is 5.89 Å². The van der Waals surface area contributed by atoms with Crippen molar-refractivity contribution in [3.05, 3.63) is 47.9 Å². The normalized spacial score (nSPS) is 23.1. The highest BCUT2D eigenvalue weighted by Gasteiger charge is 2.43. The minimum absolute atomic E-state index is 0.00678. The predicted octanol–water partition coefficient (Wildman–Crippen LogP) is 4.41. The maximum Gasteiger partial charge on any atom is 0.266 e. The van der Waals surface area contributed by atoms with Crippen LogP contribution < -0.4 is 0 Å². The minimum atomic E-state index is -1.78. The summed E-state index contributed by atoms with van der Waals surface area (Å²) in [4.78, 5) is 18.6. The molecule has 1 fully saturated rings. The molecule has 2 heterocycles. The van der Waals surface area contributed by atoms with Gasteiger partial charge in [-0.15, -0.1) is 0 Å². The van der Waals surface area contributed by atoms with Crippen LogP contribution in [-0.4, -0.2) is 34.0 Å². The van der Waals surface area contributed by atoms with Crippen LogP contribution in [0.15, 0.2) is 46.5 Å². The van der Waals surface area contributed by atoms with Gasteiger partial charge < -0.3 is 9.42 Å². The summed E-state index contributed by atoms with van der Waals surface area (Å²) in [6.07, 6.45) is 7.78. The topological polar surface area (TPSA) is 59.2 Å². The highest BCUT2D eigenvalue weighted by Crippen LogP contribution is 2.36. The van der Waals surface area contributed by atoms with E-state index in [4.69, 9.17) is 4.52 Å². The molecule has 6 heteroatoms. The van der Waals surface area contributed by atoms with Crippen molar-refractivity contribution >= 4 is 5.91 Å². The molecule has 2 aliphatic rings. The van der Waals surface area contributed by atoms with Gasteiger partial charge in [0.05, 0.1) is 6.54 Å². The number of amides is 1. The van der Waals surface area contributed by atoms with Gasteiger partial charge in [0.2, 0.25) is 17.4 Å². The van der Waals surface area contributed by atoms with Crippen LogP contribution in [0.4, 0.5) is 4.39 Å². The zero-order valence-electron chi connectivity index (χ0n) is 15.4. The van der Waals surface area contributed by atoms with Crippen LogP contribution in [0.2, 0.25) is 0 Å². The maximum absolute atomic E-state index is 15.6. The Morgan fingerprint density at radius 1 is 1.22 bits per heavy atom. The van der Waals surface area contributed by atoms with Crippen LogP contribution >= 0.6 is 0 Å². The number of likely N-dealkylation sites (tertiary alicyclic amines) is 1. The fourth-order valence-electron chi connectivity index (χ4n) is 3.88. The Balaban J connectivity index is 1.47. The number of alkyl halides is 1. The lowest BCUT2D eigenvalue weighted by atomic mass is 9.93.